The van der Waals surface area contributed by atoms with Crippen molar-refractivity contribution in [1.29, 1.82) is 0 Å². The van der Waals surface area contributed by atoms with Crippen LogP contribution in [0, 0.1) is 13.8 Å². The third-order valence-corrected chi connectivity index (χ3v) is 6.48. The number of rotatable bonds is 10. The second kappa shape index (κ2) is 11.0. The third-order valence-electron chi connectivity index (χ3n) is 5.46. The zero-order chi connectivity index (χ0) is 25.0. The van der Waals surface area contributed by atoms with Crippen LogP contribution in [0.5, 0.6) is 5.75 Å². The topological polar surface area (TPSA) is 131 Å². The minimum atomic E-state index is -1.40. The first-order valence-corrected chi connectivity index (χ1v) is 12.1. The number of aryl methyl sites for hydroxylation is 3. The Labute approximate surface area is 203 Å². The van der Waals surface area contributed by atoms with E-state index in [2.05, 4.69) is 35.1 Å². The van der Waals surface area contributed by atoms with Gasteiger partial charge in [-0.2, -0.15) is 0 Å². The summed E-state index contributed by atoms with van der Waals surface area (Å²) in [6.45, 7) is 10.1. The summed E-state index contributed by atoms with van der Waals surface area (Å²) in [5.41, 5.74) is 10.9. The average Bonchev–Trinajstić information content (AvgIpc) is 3.27. The predicted octanol–water partition coefficient (Wildman–Crippen LogP) is 3.55. The lowest BCUT2D eigenvalue weighted by molar-refractivity contribution is -0.127. The van der Waals surface area contributed by atoms with Crippen molar-refractivity contribution >= 4 is 17.2 Å². The molecule has 0 bridgehead atoms. The van der Waals surface area contributed by atoms with Gasteiger partial charge in [0.2, 0.25) is 5.91 Å². The number of nitrogens with zero attached hydrogens (tertiary/aromatic N) is 3. The summed E-state index contributed by atoms with van der Waals surface area (Å²) in [7, 11) is 0. The molecule has 1 amide bonds. The maximum absolute atomic E-state index is 11.0. The lowest BCUT2D eigenvalue weighted by Gasteiger charge is -2.18. The van der Waals surface area contributed by atoms with Crippen LogP contribution in [0.15, 0.2) is 24.3 Å². The Bertz CT molecular complexity index is 1160. The van der Waals surface area contributed by atoms with Crippen molar-refractivity contribution in [2.75, 3.05) is 6.61 Å². The van der Waals surface area contributed by atoms with Crippen LogP contribution in [0.25, 0.3) is 21.1 Å². The fourth-order valence-corrected chi connectivity index (χ4v) is 4.45. The van der Waals surface area contributed by atoms with E-state index in [9.17, 15) is 15.0 Å². The van der Waals surface area contributed by atoms with Gasteiger partial charge in [-0.1, -0.05) is 32.1 Å². The Hall–Kier alpha value is -2.88. The molecule has 3 rings (SSSR count). The van der Waals surface area contributed by atoms with E-state index < -0.39 is 18.1 Å². The van der Waals surface area contributed by atoms with Crippen molar-refractivity contribution in [3.8, 4) is 26.9 Å². The Morgan fingerprint density at radius 2 is 1.74 bits per heavy atom. The Balaban J connectivity index is 1.83. The van der Waals surface area contributed by atoms with Crippen molar-refractivity contribution in [3.63, 3.8) is 0 Å². The highest BCUT2D eigenvalue weighted by molar-refractivity contribution is 7.17. The maximum atomic E-state index is 11.0. The average molecular weight is 485 g/mol. The standard InChI is InChI=1S/C25H32N4O4S/c1-6-16-9-17(7-14(4)22(16)33-12-19(30)11-21(31)23(26)32)24-28-29-25(34-24)18-8-15(5)27-20(10-18)13(2)3/h7-10,13,19,21,30-31H,6,11-12H2,1-5H3,(H2,26,32)/t19-,21?/m0/s1. The summed E-state index contributed by atoms with van der Waals surface area (Å²) in [6, 6.07) is 8.10. The molecule has 0 saturated carbocycles. The molecule has 0 saturated heterocycles. The molecule has 4 N–H and O–H groups in total. The normalized spacial score (nSPS) is 13.2. The summed E-state index contributed by atoms with van der Waals surface area (Å²) in [6.07, 6.45) is -1.87. The van der Waals surface area contributed by atoms with Crippen molar-refractivity contribution in [2.45, 2.75) is 65.6 Å². The molecular formula is C25H32N4O4S. The molecule has 0 radical (unpaired) electrons. The number of carbonyl (C=O) groups is 1. The van der Waals surface area contributed by atoms with Crippen LogP contribution in [0.4, 0.5) is 0 Å². The molecule has 2 atom stereocenters. The van der Waals surface area contributed by atoms with Gasteiger partial charge in [-0.05, 0) is 61.6 Å². The highest BCUT2D eigenvalue weighted by Gasteiger charge is 2.19. The number of aliphatic hydroxyl groups is 2. The number of benzene rings is 1. The van der Waals surface area contributed by atoms with Crippen LogP contribution in [0.2, 0.25) is 0 Å². The summed E-state index contributed by atoms with van der Waals surface area (Å²) >= 11 is 1.53. The zero-order valence-corrected chi connectivity index (χ0v) is 21.0. The van der Waals surface area contributed by atoms with E-state index in [-0.39, 0.29) is 13.0 Å². The summed E-state index contributed by atoms with van der Waals surface area (Å²) < 4.78 is 5.86. The third kappa shape index (κ3) is 6.16. The van der Waals surface area contributed by atoms with Gasteiger partial charge in [0.15, 0.2) is 0 Å². The van der Waals surface area contributed by atoms with Crippen LogP contribution in [-0.4, -0.2) is 50.1 Å². The van der Waals surface area contributed by atoms with Gasteiger partial charge in [0.05, 0.1) is 6.10 Å². The maximum Gasteiger partial charge on any atom is 0.246 e. The number of hydrogen-bond donors (Lipinski definition) is 3. The van der Waals surface area contributed by atoms with E-state index in [1.165, 1.54) is 11.3 Å². The number of hydrogen-bond acceptors (Lipinski definition) is 8. The van der Waals surface area contributed by atoms with Crippen molar-refractivity contribution in [3.05, 3.63) is 46.8 Å². The number of nitrogens with two attached hydrogens (primary N) is 1. The van der Waals surface area contributed by atoms with Gasteiger partial charge in [-0.15, -0.1) is 10.2 Å². The van der Waals surface area contributed by atoms with Gasteiger partial charge in [-0.3, -0.25) is 9.78 Å². The molecule has 182 valence electrons. The molecule has 0 aliphatic carbocycles. The SMILES string of the molecule is CCc1cc(-c2nnc(-c3cc(C)nc(C(C)C)c3)s2)cc(C)c1OC[C@@H](O)CC(O)C(N)=O. The molecule has 1 unspecified atom stereocenters. The summed E-state index contributed by atoms with van der Waals surface area (Å²) in [5.74, 6) is 0.133. The molecule has 1 aromatic carbocycles. The highest BCUT2D eigenvalue weighted by Crippen LogP contribution is 2.35. The minimum absolute atomic E-state index is 0.0555. The molecular weight excluding hydrogens is 452 g/mol. The van der Waals surface area contributed by atoms with Crippen LogP contribution in [0.3, 0.4) is 0 Å². The second-order valence-electron chi connectivity index (χ2n) is 8.74. The number of aromatic nitrogens is 3. The first kappa shape index (κ1) is 25.7. The molecule has 2 aromatic heterocycles. The van der Waals surface area contributed by atoms with E-state index >= 15 is 0 Å². The Kier molecular flexibility index (Phi) is 8.35. The number of pyridine rings is 1. The lowest BCUT2D eigenvalue weighted by atomic mass is 10.0. The van der Waals surface area contributed by atoms with Crippen LogP contribution < -0.4 is 10.5 Å². The summed E-state index contributed by atoms with van der Waals surface area (Å²) in [5, 5.41) is 30.1. The molecule has 0 aliphatic rings. The number of amides is 1. The smallest absolute Gasteiger partial charge is 0.246 e. The number of ether oxygens (including phenoxy) is 1. The number of carbonyl (C=O) groups excluding carboxylic acids is 1. The molecule has 8 nitrogen and oxygen atoms in total. The molecule has 0 aliphatic heterocycles. The molecule has 0 spiro atoms. The molecule has 34 heavy (non-hydrogen) atoms. The fourth-order valence-electron chi connectivity index (χ4n) is 3.63. The van der Waals surface area contributed by atoms with E-state index in [1.54, 1.807) is 0 Å². The van der Waals surface area contributed by atoms with Crippen LogP contribution in [-0.2, 0) is 11.2 Å². The number of aliphatic hydroxyl groups excluding tert-OH is 2. The lowest BCUT2D eigenvalue weighted by Crippen LogP contribution is -2.33. The van der Waals surface area contributed by atoms with E-state index in [0.717, 1.165) is 50.1 Å². The van der Waals surface area contributed by atoms with Gasteiger partial charge in [0, 0.05) is 28.9 Å². The molecule has 9 heteroatoms. The number of primary amides is 1. The molecule has 2 heterocycles. The second-order valence-corrected chi connectivity index (χ2v) is 9.72. The van der Waals surface area contributed by atoms with E-state index in [4.69, 9.17) is 10.5 Å². The predicted molar refractivity (Wildman–Crippen MR) is 133 cm³/mol. The van der Waals surface area contributed by atoms with Gasteiger partial charge >= 0.3 is 0 Å². The Morgan fingerprint density at radius 3 is 2.32 bits per heavy atom. The minimum Gasteiger partial charge on any atom is -0.490 e. The quantitative estimate of drug-likeness (QED) is 0.401. The van der Waals surface area contributed by atoms with E-state index in [0.29, 0.717) is 11.7 Å². The fraction of sp³-hybridized carbons (Fsp3) is 0.440. The first-order valence-electron chi connectivity index (χ1n) is 11.3. The Morgan fingerprint density at radius 1 is 1.09 bits per heavy atom. The van der Waals surface area contributed by atoms with Gasteiger partial charge in [0.1, 0.15) is 28.5 Å². The molecule has 3 aromatic rings. The first-order chi connectivity index (χ1) is 16.1. The van der Waals surface area contributed by atoms with Gasteiger partial charge in [-0.25, -0.2) is 0 Å². The van der Waals surface area contributed by atoms with Crippen LogP contribution >= 0.6 is 11.3 Å². The highest BCUT2D eigenvalue weighted by atomic mass is 32.1. The van der Waals surface area contributed by atoms with Gasteiger partial charge in [0.25, 0.3) is 0 Å². The molecule has 0 fully saturated rings. The summed E-state index contributed by atoms with van der Waals surface area (Å²) in [4.78, 5) is 15.6. The van der Waals surface area contributed by atoms with Crippen molar-refractivity contribution < 1.29 is 19.7 Å². The van der Waals surface area contributed by atoms with Crippen molar-refractivity contribution in [1.82, 2.24) is 15.2 Å². The van der Waals surface area contributed by atoms with E-state index in [1.807, 2.05) is 39.0 Å². The largest absolute Gasteiger partial charge is 0.490 e. The van der Waals surface area contributed by atoms with Crippen LogP contribution in [0.1, 0.15) is 55.6 Å². The monoisotopic (exact) mass is 484 g/mol. The zero-order valence-electron chi connectivity index (χ0n) is 20.2. The van der Waals surface area contributed by atoms with Gasteiger partial charge < -0.3 is 20.7 Å². The van der Waals surface area contributed by atoms with Crippen molar-refractivity contribution in [2.24, 2.45) is 5.73 Å².